The highest BCUT2D eigenvalue weighted by Crippen LogP contribution is 2.22. The first kappa shape index (κ1) is 9.25. The molecule has 2 aromatic heterocycles. The van der Waals surface area contributed by atoms with Crippen LogP contribution < -0.4 is 0 Å². The van der Waals surface area contributed by atoms with E-state index in [0.717, 1.165) is 17.8 Å². The summed E-state index contributed by atoms with van der Waals surface area (Å²) in [5.74, 6) is 0. The highest BCUT2D eigenvalue weighted by atomic mass is 14.9. The Morgan fingerprint density at radius 1 is 1.29 bits per heavy atom. The summed E-state index contributed by atoms with van der Waals surface area (Å²) in [6.45, 7) is 6.36. The average Bonchev–Trinajstić information content (AvgIpc) is 2.43. The molecule has 0 atom stereocenters. The first-order valence-corrected chi connectivity index (χ1v) is 5.17. The lowest BCUT2D eigenvalue weighted by Crippen LogP contribution is -1.84. The van der Waals surface area contributed by atoms with Gasteiger partial charge in [-0.2, -0.15) is 0 Å². The minimum absolute atomic E-state index is 1.03. The number of hydrogen-bond acceptors (Lipinski definition) is 1. The number of aromatic amines is 1. The van der Waals surface area contributed by atoms with Crippen molar-refractivity contribution < 1.29 is 0 Å². The number of hydrogen-bond donors (Lipinski definition) is 1. The molecule has 0 amide bonds. The number of aryl methyl sites for hydroxylation is 3. The first-order valence-electron chi connectivity index (χ1n) is 5.17. The molecule has 0 fully saturated rings. The SMILES string of the molecule is CCCc1c(C)[nH]c2nc(C)ccc12. The zero-order valence-corrected chi connectivity index (χ0v) is 9.02. The van der Waals surface area contributed by atoms with E-state index >= 15 is 0 Å². The van der Waals surface area contributed by atoms with Crippen LogP contribution in [0.3, 0.4) is 0 Å². The van der Waals surface area contributed by atoms with Crippen LogP contribution in [0, 0.1) is 13.8 Å². The summed E-state index contributed by atoms with van der Waals surface area (Å²) in [5, 5.41) is 1.29. The van der Waals surface area contributed by atoms with Crippen molar-refractivity contribution in [2.75, 3.05) is 0 Å². The third-order valence-corrected chi connectivity index (χ3v) is 2.62. The fraction of sp³-hybridized carbons (Fsp3) is 0.417. The van der Waals surface area contributed by atoms with Crippen molar-refractivity contribution in [3.8, 4) is 0 Å². The van der Waals surface area contributed by atoms with Crippen molar-refractivity contribution in [3.05, 3.63) is 29.1 Å². The van der Waals surface area contributed by atoms with Crippen LogP contribution in [0.2, 0.25) is 0 Å². The Bertz CT molecular complexity index is 455. The van der Waals surface area contributed by atoms with E-state index in [1.54, 1.807) is 0 Å². The van der Waals surface area contributed by atoms with Crippen molar-refractivity contribution in [1.82, 2.24) is 9.97 Å². The molecule has 14 heavy (non-hydrogen) atoms. The molecule has 0 aromatic carbocycles. The summed E-state index contributed by atoms with van der Waals surface area (Å²) in [6.07, 6.45) is 2.32. The number of rotatable bonds is 2. The summed E-state index contributed by atoms with van der Waals surface area (Å²) < 4.78 is 0. The number of H-pyrrole nitrogens is 1. The molecule has 0 unspecified atom stereocenters. The van der Waals surface area contributed by atoms with Crippen molar-refractivity contribution in [2.45, 2.75) is 33.6 Å². The molecular weight excluding hydrogens is 172 g/mol. The van der Waals surface area contributed by atoms with Gasteiger partial charge in [-0.1, -0.05) is 13.3 Å². The van der Waals surface area contributed by atoms with Crippen LogP contribution >= 0.6 is 0 Å². The molecule has 2 heteroatoms. The molecule has 2 aromatic rings. The quantitative estimate of drug-likeness (QED) is 0.770. The van der Waals surface area contributed by atoms with E-state index in [2.05, 4.69) is 35.9 Å². The molecule has 0 bridgehead atoms. The smallest absolute Gasteiger partial charge is 0.138 e. The maximum absolute atomic E-state index is 4.48. The molecule has 2 nitrogen and oxygen atoms in total. The second kappa shape index (κ2) is 3.45. The molecule has 0 aliphatic carbocycles. The third-order valence-electron chi connectivity index (χ3n) is 2.62. The van der Waals surface area contributed by atoms with Crippen LogP contribution in [0.5, 0.6) is 0 Å². The fourth-order valence-electron chi connectivity index (χ4n) is 1.92. The maximum Gasteiger partial charge on any atom is 0.138 e. The minimum atomic E-state index is 1.03. The molecule has 0 saturated heterocycles. The Kier molecular flexibility index (Phi) is 2.28. The van der Waals surface area contributed by atoms with Gasteiger partial charge in [-0.05, 0) is 38.0 Å². The summed E-state index contributed by atoms with van der Waals surface area (Å²) in [4.78, 5) is 7.83. The second-order valence-electron chi connectivity index (χ2n) is 3.83. The topological polar surface area (TPSA) is 28.7 Å². The Labute approximate surface area is 84.4 Å². The molecule has 0 spiro atoms. The number of fused-ring (bicyclic) bond motifs is 1. The summed E-state index contributed by atoms with van der Waals surface area (Å²) in [7, 11) is 0. The van der Waals surface area contributed by atoms with E-state index in [-0.39, 0.29) is 0 Å². The van der Waals surface area contributed by atoms with E-state index in [4.69, 9.17) is 0 Å². The minimum Gasteiger partial charge on any atom is -0.343 e. The molecule has 1 N–H and O–H groups in total. The van der Waals surface area contributed by atoms with E-state index < -0.39 is 0 Å². The number of nitrogens with zero attached hydrogens (tertiary/aromatic N) is 1. The first-order chi connectivity index (χ1) is 6.72. The lowest BCUT2D eigenvalue weighted by Gasteiger charge is -1.97. The zero-order valence-electron chi connectivity index (χ0n) is 9.02. The Morgan fingerprint density at radius 3 is 2.79 bits per heavy atom. The third kappa shape index (κ3) is 1.41. The van der Waals surface area contributed by atoms with E-state index in [1.165, 1.54) is 23.1 Å². The number of aromatic nitrogens is 2. The highest BCUT2D eigenvalue weighted by Gasteiger charge is 2.07. The van der Waals surface area contributed by atoms with Gasteiger partial charge in [0.1, 0.15) is 5.65 Å². The van der Waals surface area contributed by atoms with Gasteiger partial charge in [-0.25, -0.2) is 4.98 Å². The Hall–Kier alpha value is -1.31. The van der Waals surface area contributed by atoms with Gasteiger partial charge >= 0.3 is 0 Å². The van der Waals surface area contributed by atoms with Crippen LogP contribution in [0.4, 0.5) is 0 Å². The van der Waals surface area contributed by atoms with E-state index in [0.29, 0.717) is 0 Å². The van der Waals surface area contributed by atoms with Crippen molar-refractivity contribution in [3.63, 3.8) is 0 Å². The van der Waals surface area contributed by atoms with Gasteiger partial charge in [-0.3, -0.25) is 0 Å². The molecule has 0 saturated carbocycles. The van der Waals surface area contributed by atoms with Gasteiger partial charge in [-0.15, -0.1) is 0 Å². The number of pyridine rings is 1. The van der Waals surface area contributed by atoms with Crippen molar-refractivity contribution >= 4 is 11.0 Å². The lowest BCUT2D eigenvalue weighted by atomic mass is 10.1. The summed E-state index contributed by atoms with van der Waals surface area (Å²) in [5.41, 5.74) is 4.79. The van der Waals surface area contributed by atoms with Crippen LogP contribution in [-0.4, -0.2) is 9.97 Å². The monoisotopic (exact) mass is 188 g/mol. The Balaban J connectivity index is 2.64. The molecule has 2 rings (SSSR count). The number of nitrogens with one attached hydrogen (secondary N) is 1. The molecule has 0 radical (unpaired) electrons. The van der Waals surface area contributed by atoms with E-state index in [1.807, 2.05) is 6.92 Å². The Morgan fingerprint density at radius 2 is 2.07 bits per heavy atom. The van der Waals surface area contributed by atoms with Crippen LogP contribution in [-0.2, 0) is 6.42 Å². The van der Waals surface area contributed by atoms with Gasteiger partial charge < -0.3 is 4.98 Å². The predicted octanol–water partition coefficient (Wildman–Crippen LogP) is 3.13. The normalized spacial score (nSPS) is 11.1. The van der Waals surface area contributed by atoms with Gasteiger partial charge in [0.05, 0.1) is 0 Å². The van der Waals surface area contributed by atoms with Crippen molar-refractivity contribution in [2.24, 2.45) is 0 Å². The standard InChI is InChI=1S/C12H16N2/c1-4-5-10-9(3)14-12-11(10)7-6-8(2)13-12/h6-7H,4-5H2,1-3H3,(H,13,14). The van der Waals surface area contributed by atoms with Gasteiger partial charge in [0, 0.05) is 16.8 Å². The van der Waals surface area contributed by atoms with Crippen LogP contribution in [0.1, 0.15) is 30.3 Å². The molecule has 2 heterocycles. The second-order valence-corrected chi connectivity index (χ2v) is 3.83. The van der Waals surface area contributed by atoms with Gasteiger partial charge in [0.25, 0.3) is 0 Å². The van der Waals surface area contributed by atoms with Gasteiger partial charge in [0.15, 0.2) is 0 Å². The van der Waals surface area contributed by atoms with Crippen LogP contribution in [0.15, 0.2) is 12.1 Å². The fourth-order valence-corrected chi connectivity index (χ4v) is 1.92. The molecule has 0 aliphatic heterocycles. The van der Waals surface area contributed by atoms with Gasteiger partial charge in [0.2, 0.25) is 0 Å². The highest BCUT2D eigenvalue weighted by molar-refractivity contribution is 5.81. The average molecular weight is 188 g/mol. The largest absolute Gasteiger partial charge is 0.343 e. The van der Waals surface area contributed by atoms with Crippen LogP contribution in [0.25, 0.3) is 11.0 Å². The molecule has 0 aliphatic rings. The summed E-state index contributed by atoms with van der Waals surface area (Å²) >= 11 is 0. The summed E-state index contributed by atoms with van der Waals surface area (Å²) in [6, 6.07) is 4.25. The molecular formula is C12H16N2. The predicted molar refractivity (Wildman–Crippen MR) is 59.6 cm³/mol. The van der Waals surface area contributed by atoms with Crippen molar-refractivity contribution in [1.29, 1.82) is 0 Å². The van der Waals surface area contributed by atoms with E-state index in [9.17, 15) is 0 Å². The molecule has 74 valence electrons. The zero-order chi connectivity index (χ0) is 10.1. The maximum atomic E-state index is 4.48. The lowest BCUT2D eigenvalue weighted by molar-refractivity contribution is 0.918.